The third-order valence-corrected chi connectivity index (χ3v) is 5.09. The number of amides is 1. The Labute approximate surface area is 124 Å². The number of likely N-dealkylation sites (N-methyl/N-ethyl adjacent to an activating group) is 1. The van der Waals surface area contributed by atoms with Gasteiger partial charge in [0.25, 0.3) is 0 Å². The van der Waals surface area contributed by atoms with E-state index >= 15 is 0 Å². The summed E-state index contributed by atoms with van der Waals surface area (Å²) >= 11 is 2.87. The highest BCUT2D eigenvalue weighted by atomic mass is 32.2. The topological polar surface area (TPSA) is 70.5 Å². The summed E-state index contributed by atoms with van der Waals surface area (Å²) in [5.74, 6) is -1.04. The number of rotatable bonds is 5. The number of fused-ring (bicyclic) bond motifs is 1. The van der Waals surface area contributed by atoms with Crippen LogP contribution in [0.15, 0.2) is 28.6 Å². The summed E-state index contributed by atoms with van der Waals surface area (Å²) < 4.78 is 1.89. The smallest absolute Gasteiger partial charge is 0.326 e. The lowest BCUT2D eigenvalue weighted by molar-refractivity contribution is -0.147. The van der Waals surface area contributed by atoms with Crippen molar-refractivity contribution in [2.24, 2.45) is 0 Å². The van der Waals surface area contributed by atoms with Crippen LogP contribution in [-0.2, 0) is 9.59 Å². The number of carbonyl (C=O) groups excluding carboxylic acids is 1. The summed E-state index contributed by atoms with van der Waals surface area (Å²) in [5, 5.41) is 8.87. The lowest BCUT2D eigenvalue weighted by Gasteiger charge is -2.20. The number of benzene rings is 1. The van der Waals surface area contributed by atoms with Gasteiger partial charge >= 0.3 is 5.97 Å². The lowest BCUT2D eigenvalue weighted by atomic mass is 10.3. The predicted molar refractivity (Wildman–Crippen MR) is 80.2 cm³/mol. The molecule has 0 spiro atoms. The molecule has 0 saturated heterocycles. The van der Waals surface area contributed by atoms with E-state index in [0.29, 0.717) is 0 Å². The second-order valence-electron chi connectivity index (χ2n) is 4.26. The highest BCUT2D eigenvalue weighted by Gasteiger charge is 2.21. The molecule has 1 unspecified atom stereocenters. The average molecular weight is 310 g/mol. The molecule has 0 fully saturated rings. The van der Waals surface area contributed by atoms with E-state index < -0.39 is 12.0 Å². The third-order valence-electron chi connectivity index (χ3n) is 2.93. The van der Waals surface area contributed by atoms with E-state index in [4.69, 9.17) is 5.11 Å². The number of hydrogen-bond acceptors (Lipinski definition) is 5. The number of carboxylic acid groups (broad SMARTS) is 1. The van der Waals surface area contributed by atoms with Crippen molar-refractivity contribution >= 4 is 45.2 Å². The van der Waals surface area contributed by atoms with Crippen LogP contribution in [0.4, 0.5) is 0 Å². The number of nitrogens with zero attached hydrogens (tertiary/aromatic N) is 2. The second-order valence-corrected chi connectivity index (χ2v) is 6.51. The van der Waals surface area contributed by atoms with Gasteiger partial charge in [-0.15, -0.1) is 11.3 Å². The van der Waals surface area contributed by atoms with Gasteiger partial charge < -0.3 is 10.0 Å². The Morgan fingerprint density at radius 3 is 2.80 bits per heavy atom. The summed E-state index contributed by atoms with van der Waals surface area (Å²) in [4.78, 5) is 28.4. The third kappa shape index (κ3) is 3.29. The van der Waals surface area contributed by atoms with Crippen molar-refractivity contribution in [1.29, 1.82) is 0 Å². The first kappa shape index (κ1) is 14.8. The van der Waals surface area contributed by atoms with Crippen LogP contribution >= 0.6 is 23.1 Å². The Balaban J connectivity index is 1.97. The van der Waals surface area contributed by atoms with Gasteiger partial charge in [0.2, 0.25) is 5.91 Å². The van der Waals surface area contributed by atoms with E-state index in [0.717, 1.165) is 14.6 Å². The first-order chi connectivity index (χ1) is 9.49. The van der Waals surface area contributed by atoms with Gasteiger partial charge in [-0.05, 0) is 19.1 Å². The van der Waals surface area contributed by atoms with Crippen molar-refractivity contribution < 1.29 is 14.7 Å². The summed E-state index contributed by atoms with van der Waals surface area (Å²) in [6.45, 7) is 1.49. The van der Waals surface area contributed by atoms with E-state index in [2.05, 4.69) is 4.98 Å². The number of carbonyl (C=O) groups is 2. The van der Waals surface area contributed by atoms with Crippen LogP contribution in [0, 0.1) is 0 Å². The molecule has 1 N–H and O–H groups in total. The molecule has 1 heterocycles. The highest BCUT2D eigenvalue weighted by Crippen LogP contribution is 2.29. The number of hydrogen-bond donors (Lipinski definition) is 1. The standard InChI is InChI=1S/C13H14N2O3S2/c1-8(12(17)18)15(2)11(16)7-19-13-14-9-5-3-4-6-10(9)20-13/h3-6,8H,7H2,1-2H3,(H,17,18). The van der Waals surface area contributed by atoms with Crippen LogP contribution in [0.1, 0.15) is 6.92 Å². The van der Waals surface area contributed by atoms with E-state index in [-0.39, 0.29) is 11.7 Å². The Morgan fingerprint density at radius 2 is 2.15 bits per heavy atom. The molecule has 0 bridgehead atoms. The van der Waals surface area contributed by atoms with Crippen LogP contribution in [-0.4, -0.2) is 45.7 Å². The molecular formula is C13H14N2O3S2. The van der Waals surface area contributed by atoms with Gasteiger partial charge in [0, 0.05) is 7.05 Å². The zero-order valence-electron chi connectivity index (χ0n) is 11.1. The molecule has 2 aromatic rings. The number of thioether (sulfide) groups is 1. The van der Waals surface area contributed by atoms with E-state index in [1.54, 1.807) is 0 Å². The van der Waals surface area contributed by atoms with Gasteiger partial charge in [-0.1, -0.05) is 23.9 Å². The van der Waals surface area contributed by atoms with Crippen LogP contribution in [0.2, 0.25) is 0 Å². The normalized spacial score (nSPS) is 12.3. The van der Waals surface area contributed by atoms with Crippen LogP contribution < -0.4 is 0 Å². The monoisotopic (exact) mass is 310 g/mol. The van der Waals surface area contributed by atoms with Gasteiger partial charge in [0.15, 0.2) is 4.34 Å². The molecule has 0 aliphatic heterocycles. The van der Waals surface area contributed by atoms with E-state index in [1.807, 2.05) is 24.3 Å². The minimum absolute atomic E-state index is 0.188. The van der Waals surface area contributed by atoms with Crippen molar-refractivity contribution in [3.05, 3.63) is 24.3 Å². The fourth-order valence-corrected chi connectivity index (χ4v) is 3.51. The van der Waals surface area contributed by atoms with E-state index in [1.165, 1.54) is 42.0 Å². The molecule has 1 aromatic heterocycles. The maximum absolute atomic E-state index is 11.9. The van der Waals surface area contributed by atoms with Crippen molar-refractivity contribution in [2.75, 3.05) is 12.8 Å². The van der Waals surface area contributed by atoms with Crippen molar-refractivity contribution in [3.8, 4) is 0 Å². The molecule has 0 aliphatic rings. The van der Waals surface area contributed by atoms with Crippen molar-refractivity contribution in [3.63, 3.8) is 0 Å². The fraction of sp³-hybridized carbons (Fsp3) is 0.308. The first-order valence-electron chi connectivity index (χ1n) is 5.96. The summed E-state index contributed by atoms with van der Waals surface area (Å²) in [6.07, 6.45) is 0. The largest absolute Gasteiger partial charge is 0.480 e. The molecule has 20 heavy (non-hydrogen) atoms. The maximum atomic E-state index is 11.9. The maximum Gasteiger partial charge on any atom is 0.326 e. The van der Waals surface area contributed by atoms with Gasteiger partial charge in [0.1, 0.15) is 6.04 Å². The molecule has 2 rings (SSSR count). The van der Waals surface area contributed by atoms with Gasteiger partial charge in [-0.2, -0.15) is 0 Å². The highest BCUT2D eigenvalue weighted by molar-refractivity contribution is 8.01. The molecular weight excluding hydrogens is 296 g/mol. The summed E-state index contributed by atoms with van der Waals surface area (Å²) in [7, 11) is 1.50. The Morgan fingerprint density at radius 1 is 1.45 bits per heavy atom. The van der Waals surface area contributed by atoms with Gasteiger partial charge in [-0.25, -0.2) is 9.78 Å². The second kappa shape index (κ2) is 6.23. The van der Waals surface area contributed by atoms with Crippen molar-refractivity contribution in [2.45, 2.75) is 17.3 Å². The predicted octanol–water partition coefficient (Wildman–Crippen LogP) is 2.32. The average Bonchev–Trinajstić information content (AvgIpc) is 2.85. The Kier molecular flexibility index (Phi) is 4.61. The summed E-state index contributed by atoms with van der Waals surface area (Å²) in [5.41, 5.74) is 0.916. The van der Waals surface area contributed by atoms with Crippen LogP contribution in [0.3, 0.4) is 0 Å². The number of aromatic nitrogens is 1. The van der Waals surface area contributed by atoms with Crippen LogP contribution in [0.25, 0.3) is 10.2 Å². The van der Waals surface area contributed by atoms with Gasteiger partial charge in [0.05, 0.1) is 16.0 Å². The molecule has 0 saturated carbocycles. The zero-order valence-corrected chi connectivity index (χ0v) is 12.7. The Hall–Kier alpha value is -1.60. The van der Waals surface area contributed by atoms with Gasteiger partial charge in [-0.3, -0.25) is 4.79 Å². The molecule has 0 aliphatic carbocycles. The molecule has 1 amide bonds. The van der Waals surface area contributed by atoms with Crippen LogP contribution in [0.5, 0.6) is 0 Å². The molecule has 106 valence electrons. The number of carboxylic acids is 1. The lowest BCUT2D eigenvalue weighted by Crippen LogP contribution is -2.41. The fourth-order valence-electron chi connectivity index (χ4n) is 1.52. The van der Waals surface area contributed by atoms with E-state index in [9.17, 15) is 9.59 Å². The SMILES string of the molecule is CC(C(=O)O)N(C)C(=O)CSc1nc2ccccc2s1. The number of thiazole rings is 1. The molecule has 1 atom stereocenters. The van der Waals surface area contributed by atoms with Crippen molar-refractivity contribution in [1.82, 2.24) is 9.88 Å². The summed E-state index contributed by atoms with van der Waals surface area (Å²) in [6, 6.07) is 6.96. The quantitative estimate of drug-likeness (QED) is 0.858. The number of aliphatic carboxylic acids is 1. The molecule has 1 aromatic carbocycles. The minimum Gasteiger partial charge on any atom is -0.480 e. The number of para-hydroxylation sites is 1. The molecule has 7 heteroatoms. The first-order valence-corrected chi connectivity index (χ1v) is 7.76. The Bertz CT molecular complexity index is 608. The molecule has 0 radical (unpaired) electrons. The molecule has 5 nitrogen and oxygen atoms in total. The minimum atomic E-state index is -1.01. The zero-order chi connectivity index (χ0) is 14.7.